The second-order valence-corrected chi connectivity index (χ2v) is 6.85. The van der Waals surface area contributed by atoms with E-state index >= 15 is 0 Å². The number of aromatic nitrogens is 2. The molecule has 2 aliphatic rings. The standard InChI is InChI=1S/C17H29N3O/c1-13-16(7-11-18-3)14(2)20(19-13)12-15-6-10-17(21-15)8-4-5-9-17/h15,18H,4-12H2,1-3H3. The molecule has 118 valence electrons. The summed E-state index contributed by atoms with van der Waals surface area (Å²) in [6.07, 6.45) is 9.11. The fourth-order valence-corrected chi connectivity index (χ4v) is 4.13. The second-order valence-electron chi connectivity index (χ2n) is 6.85. The molecule has 1 aliphatic heterocycles. The fourth-order valence-electron chi connectivity index (χ4n) is 4.13. The highest BCUT2D eigenvalue weighted by atomic mass is 16.5. The number of nitrogens with one attached hydrogen (secondary N) is 1. The summed E-state index contributed by atoms with van der Waals surface area (Å²) >= 11 is 0. The Kier molecular flexibility index (Phi) is 4.36. The molecule has 2 fully saturated rings. The number of likely N-dealkylation sites (N-methyl/N-ethyl adjacent to an activating group) is 1. The van der Waals surface area contributed by atoms with Crippen LogP contribution < -0.4 is 5.32 Å². The Balaban J connectivity index is 1.65. The van der Waals surface area contributed by atoms with E-state index in [4.69, 9.17) is 9.84 Å². The summed E-state index contributed by atoms with van der Waals surface area (Å²) in [6.45, 7) is 6.26. The van der Waals surface area contributed by atoms with Crippen LogP contribution in [0.2, 0.25) is 0 Å². The Hall–Kier alpha value is -0.870. The lowest BCUT2D eigenvalue weighted by Gasteiger charge is -2.24. The van der Waals surface area contributed by atoms with Crippen LogP contribution in [0.15, 0.2) is 0 Å². The van der Waals surface area contributed by atoms with Crippen molar-refractivity contribution in [3.63, 3.8) is 0 Å². The van der Waals surface area contributed by atoms with Gasteiger partial charge in [-0.25, -0.2) is 0 Å². The van der Waals surface area contributed by atoms with Crippen molar-refractivity contribution in [3.05, 3.63) is 17.0 Å². The van der Waals surface area contributed by atoms with Gasteiger partial charge in [0.1, 0.15) is 0 Å². The number of aryl methyl sites for hydroxylation is 1. The minimum absolute atomic E-state index is 0.232. The van der Waals surface area contributed by atoms with Gasteiger partial charge >= 0.3 is 0 Å². The van der Waals surface area contributed by atoms with Crippen LogP contribution in [-0.2, 0) is 17.7 Å². The van der Waals surface area contributed by atoms with Crippen molar-refractivity contribution in [2.24, 2.45) is 0 Å². The van der Waals surface area contributed by atoms with Crippen molar-refractivity contribution < 1.29 is 4.74 Å². The van der Waals surface area contributed by atoms with Gasteiger partial charge < -0.3 is 10.1 Å². The van der Waals surface area contributed by atoms with Gasteiger partial charge in [-0.15, -0.1) is 0 Å². The molecule has 1 atom stereocenters. The van der Waals surface area contributed by atoms with Gasteiger partial charge in [-0.2, -0.15) is 5.10 Å². The van der Waals surface area contributed by atoms with Gasteiger partial charge in [-0.05, 0) is 65.1 Å². The van der Waals surface area contributed by atoms with Crippen molar-refractivity contribution in [2.45, 2.75) is 77.0 Å². The molecular formula is C17H29N3O. The zero-order chi connectivity index (χ0) is 14.9. The molecule has 1 N–H and O–H groups in total. The molecule has 1 aromatic heterocycles. The summed E-state index contributed by atoms with van der Waals surface area (Å²) in [5.41, 5.74) is 4.13. The SMILES string of the molecule is CNCCc1c(C)nn(CC2CCC3(CCCC3)O2)c1C. The van der Waals surface area contributed by atoms with E-state index in [9.17, 15) is 0 Å². The smallest absolute Gasteiger partial charge is 0.0779 e. The molecule has 4 heteroatoms. The number of hydrogen-bond acceptors (Lipinski definition) is 3. The topological polar surface area (TPSA) is 39.1 Å². The first-order valence-electron chi connectivity index (χ1n) is 8.49. The van der Waals surface area contributed by atoms with Crippen LogP contribution in [0.25, 0.3) is 0 Å². The highest BCUT2D eigenvalue weighted by Crippen LogP contribution is 2.43. The first-order valence-corrected chi connectivity index (χ1v) is 8.49. The quantitative estimate of drug-likeness (QED) is 0.906. The van der Waals surface area contributed by atoms with Crippen molar-refractivity contribution in [1.29, 1.82) is 0 Å². The van der Waals surface area contributed by atoms with E-state index in [0.29, 0.717) is 6.10 Å². The minimum atomic E-state index is 0.232. The highest BCUT2D eigenvalue weighted by molar-refractivity contribution is 5.25. The minimum Gasteiger partial charge on any atom is -0.370 e. The molecule has 1 spiro atoms. The zero-order valence-corrected chi connectivity index (χ0v) is 13.7. The summed E-state index contributed by atoms with van der Waals surface area (Å²) in [6, 6.07) is 0. The van der Waals surface area contributed by atoms with Crippen LogP contribution in [0.5, 0.6) is 0 Å². The Morgan fingerprint density at radius 3 is 2.76 bits per heavy atom. The zero-order valence-electron chi connectivity index (χ0n) is 13.7. The first kappa shape index (κ1) is 15.0. The van der Waals surface area contributed by atoms with Crippen LogP contribution in [0, 0.1) is 13.8 Å². The van der Waals surface area contributed by atoms with Crippen molar-refractivity contribution in [2.75, 3.05) is 13.6 Å². The van der Waals surface area contributed by atoms with E-state index in [0.717, 1.165) is 19.5 Å². The summed E-state index contributed by atoms with van der Waals surface area (Å²) < 4.78 is 8.61. The number of hydrogen-bond donors (Lipinski definition) is 1. The summed E-state index contributed by atoms with van der Waals surface area (Å²) in [5, 5.41) is 7.97. The number of ether oxygens (including phenoxy) is 1. The number of rotatable bonds is 5. The van der Waals surface area contributed by atoms with Crippen LogP contribution in [-0.4, -0.2) is 35.1 Å². The predicted octanol–water partition coefficient (Wildman–Crippen LogP) is 2.75. The first-order chi connectivity index (χ1) is 10.1. The Morgan fingerprint density at radius 2 is 2.05 bits per heavy atom. The van der Waals surface area contributed by atoms with E-state index < -0.39 is 0 Å². The van der Waals surface area contributed by atoms with Crippen molar-refractivity contribution in [3.8, 4) is 0 Å². The van der Waals surface area contributed by atoms with Gasteiger partial charge in [0.15, 0.2) is 0 Å². The molecule has 4 nitrogen and oxygen atoms in total. The van der Waals surface area contributed by atoms with E-state index in [1.54, 1.807) is 0 Å². The maximum Gasteiger partial charge on any atom is 0.0779 e. The van der Waals surface area contributed by atoms with Crippen LogP contribution in [0.1, 0.15) is 55.5 Å². The van der Waals surface area contributed by atoms with Gasteiger partial charge in [0.25, 0.3) is 0 Å². The van der Waals surface area contributed by atoms with Gasteiger partial charge in [0.05, 0.1) is 23.9 Å². The third kappa shape index (κ3) is 3.02. The Bertz CT molecular complexity index is 488. The molecule has 0 aromatic carbocycles. The average Bonchev–Trinajstić information content (AvgIpc) is 3.14. The lowest BCUT2D eigenvalue weighted by molar-refractivity contribution is -0.0431. The average molecular weight is 291 g/mol. The van der Waals surface area contributed by atoms with Crippen LogP contribution in [0.4, 0.5) is 0 Å². The molecule has 2 heterocycles. The molecular weight excluding hydrogens is 262 g/mol. The second kappa shape index (κ2) is 6.09. The van der Waals surface area contributed by atoms with Gasteiger partial charge in [0, 0.05) is 5.69 Å². The molecule has 1 saturated heterocycles. The predicted molar refractivity (Wildman–Crippen MR) is 84.6 cm³/mol. The van der Waals surface area contributed by atoms with Crippen LogP contribution in [0.3, 0.4) is 0 Å². The molecule has 0 radical (unpaired) electrons. The Morgan fingerprint density at radius 1 is 1.29 bits per heavy atom. The monoisotopic (exact) mass is 291 g/mol. The maximum atomic E-state index is 6.43. The lowest BCUT2D eigenvalue weighted by atomic mass is 9.98. The Labute approximate surface area is 128 Å². The fraction of sp³-hybridized carbons (Fsp3) is 0.824. The van der Waals surface area contributed by atoms with E-state index in [1.165, 1.54) is 55.5 Å². The number of nitrogens with zero attached hydrogens (tertiary/aromatic N) is 2. The third-order valence-electron chi connectivity index (χ3n) is 5.39. The normalized spacial score (nSPS) is 24.2. The van der Waals surface area contributed by atoms with Gasteiger partial charge in [-0.1, -0.05) is 12.8 Å². The summed E-state index contributed by atoms with van der Waals surface area (Å²) in [7, 11) is 2.00. The van der Waals surface area contributed by atoms with Gasteiger partial charge in [0.2, 0.25) is 0 Å². The van der Waals surface area contributed by atoms with Gasteiger partial charge in [-0.3, -0.25) is 4.68 Å². The summed E-state index contributed by atoms with van der Waals surface area (Å²) in [5.74, 6) is 0. The molecule has 0 bridgehead atoms. The molecule has 0 amide bonds. The highest BCUT2D eigenvalue weighted by Gasteiger charge is 2.42. The molecule has 1 aromatic rings. The third-order valence-corrected chi connectivity index (χ3v) is 5.39. The van der Waals surface area contributed by atoms with E-state index in [2.05, 4.69) is 23.8 Å². The largest absolute Gasteiger partial charge is 0.370 e. The maximum absolute atomic E-state index is 6.43. The molecule has 1 saturated carbocycles. The van der Waals surface area contributed by atoms with Crippen LogP contribution >= 0.6 is 0 Å². The van der Waals surface area contributed by atoms with E-state index in [-0.39, 0.29) is 5.60 Å². The molecule has 1 aliphatic carbocycles. The van der Waals surface area contributed by atoms with Crippen molar-refractivity contribution >= 4 is 0 Å². The van der Waals surface area contributed by atoms with Crippen molar-refractivity contribution in [1.82, 2.24) is 15.1 Å². The molecule has 3 rings (SSSR count). The molecule has 1 unspecified atom stereocenters. The lowest BCUT2D eigenvalue weighted by Crippen LogP contribution is -2.27. The summed E-state index contributed by atoms with van der Waals surface area (Å²) in [4.78, 5) is 0. The molecule has 21 heavy (non-hydrogen) atoms. The van der Waals surface area contributed by atoms with E-state index in [1.807, 2.05) is 7.05 Å².